The van der Waals surface area contributed by atoms with E-state index in [0.717, 1.165) is 32.9 Å². The first-order valence-corrected chi connectivity index (χ1v) is 19.2. The van der Waals surface area contributed by atoms with Gasteiger partial charge in [0.1, 0.15) is 11.2 Å². The molecule has 0 bridgehead atoms. The number of furan rings is 1. The predicted molar refractivity (Wildman–Crippen MR) is 233 cm³/mol. The van der Waals surface area contributed by atoms with Crippen molar-refractivity contribution in [2.75, 3.05) is 0 Å². The van der Waals surface area contributed by atoms with Crippen molar-refractivity contribution in [2.24, 2.45) is 11.8 Å². The van der Waals surface area contributed by atoms with Gasteiger partial charge in [-0.15, -0.1) is 0 Å². The van der Waals surface area contributed by atoms with Gasteiger partial charge in [-0.05, 0) is 120 Å². The van der Waals surface area contributed by atoms with Crippen LogP contribution >= 0.6 is 0 Å². The zero-order valence-electron chi connectivity index (χ0n) is 30.2. The summed E-state index contributed by atoms with van der Waals surface area (Å²) in [5, 5.41) is 7.06. The lowest BCUT2D eigenvalue weighted by Crippen LogP contribution is -2.11. The Morgan fingerprint density at radius 2 is 1.02 bits per heavy atom. The van der Waals surface area contributed by atoms with Crippen LogP contribution < -0.4 is 0 Å². The van der Waals surface area contributed by atoms with Gasteiger partial charge in [0.05, 0.1) is 0 Å². The van der Waals surface area contributed by atoms with E-state index in [9.17, 15) is 0 Å². The Balaban J connectivity index is 1.06. The fraction of sp³-hybridized carbons (Fsp3) is 0.0370. The number of fused-ring (bicyclic) bond motifs is 7. The molecule has 0 N–H and O–H groups in total. The summed E-state index contributed by atoms with van der Waals surface area (Å²) < 4.78 is 6.84. The van der Waals surface area contributed by atoms with E-state index >= 15 is 0 Å². The summed E-state index contributed by atoms with van der Waals surface area (Å²) in [7, 11) is 0. The maximum atomic E-state index is 6.84. The number of rotatable bonds is 5. The lowest BCUT2D eigenvalue weighted by atomic mass is 9.81. The topological polar surface area (TPSA) is 13.1 Å². The molecule has 1 aromatic heterocycles. The quantitative estimate of drug-likeness (QED) is 0.174. The summed E-state index contributed by atoms with van der Waals surface area (Å²) in [6.07, 6.45) is 16.0. The van der Waals surface area contributed by atoms with Gasteiger partial charge in [0.2, 0.25) is 0 Å². The first-order valence-electron chi connectivity index (χ1n) is 19.2. The third kappa shape index (κ3) is 5.56. The molecule has 0 saturated heterocycles. The van der Waals surface area contributed by atoms with Crippen LogP contribution in [0.1, 0.15) is 5.56 Å². The Morgan fingerprint density at radius 1 is 0.364 bits per heavy atom. The highest BCUT2D eigenvalue weighted by Crippen LogP contribution is 2.43. The summed E-state index contributed by atoms with van der Waals surface area (Å²) in [5.41, 5.74) is 13.8. The van der Waals surface area contributed by atoms with E-state index in [1.54, 1.807) is 0 Å². The molecule has 0 fully saturated rings. The zero-order valence-corrected chi connectivity index (χ0v) is 30.2. The fourth-order valence-electron chi connectivity index (χ4n) is 8.68. The predicted octanol–water partition coefficient (Wildman–Crippen LogP) is 14.9. The van der Waals surface area contributed by atoms with Crippen LogP contribution in [-0.4, -0.2) is 0 Å². The maximum absolute atomic E-state index is 6.84. The molecule has 0 amide bonds. The van der Waals surface area contributed by atoms with Gasteiger partial charge in [0, 0.05) is 28.0 Å². The van der Waals surface area contributed by atoms with Crippen LogP contribution in [0.5, 0.6) is 0 Å². The molecule has 1 heteroatoms. The van der Waals surface area contributed by atoms with Gasteiger partial charge in [-0.3, -0.25) is 0 Å². The van der Waals surface area contributed by atoms with Crippen molar-refractivity contribution in [1.29, 1.82) is 0 Å². The molecule has 2 unspecified atom stereocenters. The van der Waals surface area contributed by atoms with Crippen molar-refractivity contribution in [3.05, 3.63) is 212 Å². The Kier molecular flexibility index (Phi) is 7.38. The van der Waals surface area contributed by atoms with Crippen LogP contribution in [-0.2, 0) is 0 Å². The van der Waals surface area contributed by atoms with Gasteiger partial charge < -0.3 is 4.42 Å². The molecule has 55 heavy (non-hydrogen) atoms. The van der Waals surface area contributed by atoms with E-state index in [1.165, 1.54) is 66.2 Å². The summed E-state index contributed by atoms with van der Waals surface area (Å²) in [4.78, 5) is 0. The number of hydrogen-bond acceptors (Lipinski definition) is 1. The summed E-state index contributed by atoms with van der Waals surface area (Å²) in [5.74, 6) is 0.780. The van der Waals surface area contributed by atoms with Crippen LogP contribution in [0.2, 0.25) is 0 Å². The molecule has 1 nitrogen and oxygen atoms in total. The molecule has 258 valence electrons. The third-order valence-corrected chi connectivity index (χ3v) is 11.5. The van der Waals surface area contributed by atoms with Gasteiger partial charge in [0.25, 0.3) is 0 Å². The Morgan fingerprint density at radius 3 is 1.89 bits per heavy atom. The molecule has 0 radical (unpaired) electrons. The molecule has 2 aliphatic rings. The van der Waals surface area contributed by atoms with Crippen LogP contribution in [0.25, 0.3) is 93.6 Å². The minimum absolute atomic E-state index is 0.366. The van der Waals surface area contributed by atoms with Gasteiger partial charge in [-0.25, -0.2) is 0 Å². The van der Waals surface area contributed by atoms with Crippen molar-refractivity contribution in [2.45, 2.75) is 0 Å². The van der Waals surface area contributed by atoms with Gasteiger partial charge in [0.15, 0.2) is 0 Å². The monoisotopic (exact) mass is 700 g/mol. The second kappa shape index (κ2) is 12.9. The van der Waals surface area contributed by atoms with E-state index in [4.69, 9.17) is 4.42 Å². The van der Waals surface area contributed by atoms with Crippen LogP contribution in [0.15, 0.2) is 211 Å². The standard InChI is InChI=1S/C54H36O/c1-2-11-35(12-3-1)40-17-10-18-44(29-40)51-34-52-49-26-25-43(33-53(49)55-54(52)50-20-9-8-19-48(50)51)47-31-45(41-23-21-36-13-4-6-15-38(36)27-41)30-46(32-47)42-24-22-37-14-5-7-16-39(37)28-42/h1-34,36,38H. The molecule has 0 saturated carbocycles. The number of hydrogen-bond donors (Lipinski definition) is 0. The zero-order chi connectivity index (χ0) is 36.3. The molecule has 1 heterocycles. The molecule has 11 rings (SSSR count). The molecular formula is C54H36O. The van der Waals surface area contributed by atoms with Crippen molar-refractivity contribution < 1.29 is 4.42 Å². The second-order valence-electron chi connectivity index (χ2n) is 14.9. The second-order valence-corrected chi connectivity index (χ2v) is 14.9. The van der Waals surface area contributed by atoms with Crippen molar-refractivity contribution in [3.63, 3.8) is 0 Å². The molecule has 0 aliphatic heterocycles. The van der Waals surface area contributed by atoms with E-state index in [0.29, 0.717) is 11.8 Å². The lowest BCUT2D eigenvalue weighted by molar-refractivity contribution is 0.663. The fourth-order valence-corrected chi connectivity index (χ4v) is 8.68. The Bertz CT molecular complexity index is 3090. The molecule has 8 aromatic carbocycles. The smallest absolute Gasteiger partial charge is 0.143 e. The van der Waals surface area contributed by atoms with E-state index in [-0.39, 0.29) is 0 Å². The lowest BCUT2D eigenvalue weighted by Gasteiger charge is -2.23. The molecule has 9 aromatic rings. The minimum Gasteiger partial charge on any atom is -0.455 e. The average molecular weight is 701 g/mol. The largest absolute Gasteiger partial charge is 0.455 e. The summed E-state index contributed by atoms with van der Waals surface area (Å²) in [6.45, 7) is 0. The number of benzene rings is 8. The number of allylic oxidation sites excluding steroid dienone is 8. The van der Waals surface area contributed by atoms with Crippen molar-refractivity contribution in [1.82, 2.24) is 0 Å². The van der Waals surface area contributed by atoms with Crippen molar-refractivity contribution in [3.8, 4) is 44.5 Å². The SMILES string of the molecule is C1=CC2C=CC(c3cc(-c4ccc5ccccc5c4)cc(-c4ccc5c(c4)oc4c6ccccc6c(-c6cccc(-c7ccccc7)c6)cc54)c3)=CC2C=C1. The Hall–Kier alpha value is -6.96. The van der Waals surface area contributed by atoms with Gasteiger partial charge in [-0.2, -0.15) is 0 Å². The third-order valence-electron chi connectivity index (χ3n) is 11.5. The highest BCUT2D eigenvalue weighted by molar-refractivity contribution is 6.19. The van der Waals surface area contributed by atoms with E-state index in [1.807, 2.05) is 0 Å². The van der Waals surface area contributed by atoms with E-state index in [2.05, 4.69) is 206 Å². The minimum atomic E-state index is 0.366. The molecular weight excluding hydrogens is 665 g/mol. The first-order chi connectivity index (χ1) is 27.2. The summed E-state index contributed by atoms with van der Waals surface area (Å²) >= 11 is 0. The molecule has 0 spiro atoms. The first kappa shape index (κ1) is 31.6. The highest BCUT2D eigenvalue weighted by Gasteiger charge is 2.20. The van der Waals surface area contributed by atoms with Gasteiger partial charge >= 0.3 is 0 Å². The van der Waals surface area contributed by atoms with Gasteiger partial charge in [-0.1, -0.05) is 158 Å². The normalized spacial score (nSPS) is 16.3. The molecule has 2 aliphatic carbocycles. The highest BCUT2D eigenvalue weighted by atomic mass is 16.3. The van der Waals surface area contributed by atoms with Crippen molar-refractivity contribution >= 4 is 49.1 Å². The van der Waals surface area contributed by atoms with Crippen LogP contribution in [0.3, 0.4) is 0 Å². The molecule has 2 atom stereocenters. The summed E-state index contributed by atoms with van der Waals surface area (Å²) in [6, 6.07) is 59.6. The van der Waals surface area contributed by atoms with E-state index < -0.39 is 0 Å². The average Bonchev–Trinajstić information content (AvgIpc) is 3.64. The maximum Gasteiger partial charge on any atom is 0.143 e. The van der Waals surface area contributed by atoms with Crippen LogP contribution in [0, 0.1) is 11.8 Å². The Labute approximate surface area is 320 Å². The van der Waals surface area contributed by atoms with Crippen LogP contribution in [0.4, 0.5) is 0 Å².